The third-order valence-corrected chi connectivity index (χ3v) is 6.04. The Bertz CT molecular complexity index is 834. The van der Waals surface area contributed by atoms with Gasteiger partial charge in [-0.2, -0.15) is 0 Å². The molecule has 1 fully saturated rings. The summed E-state index contributed by atoms with van der Waals surface area (Å²) in [5.41, 5.74) is 1.68. The number of hydrogen-bond donors (Lipinski definition) is 2. The van der Waals surface area contributed by atoms with Gasteiger partial charge in [-0.1, -0.05) is 19.9 Å². The lowest BCUT2D eigenvalue weighted by Gasteiger charge is -2.33. The van der Waals surface area contributed by atoms with E-state index in [4.69, 9.17) is 14.2 Å². The Hall–Kier alpha value is -2.70. The number of urea groups is 1. The first-order chi connectivity index (χ1) is 13.4. The Balaban J connectivity index is 1.58. The van der Waals surface area contributed by atoms with Crippen LogP contribution in [0.2, 0.25) is 0 Å². The van der Waals surface area contributed by atoms with Crippen LogP contribution in [-0.2, 0) is 9.53 Å². The predicted octanol–water partition coefficient (Wildman–Crippen LogP) is 3.41. The van der Waals surface area contributed by atoms with Crippen molar-refractivity contribution in [2.24, 2.45) is 11.8 Å². The SMILES string of the molecule is CC1=C(C(=O)O[C@H]2CC[C@H](C)[C@@H](C)C2)[C@@H](c2ccc3c(c2)OCO3)NC(=O)N1. The molecule has 0 radical (unpaired) electrons. The number of carbonyl (C=O) groups excluding carboxylic acids is 2. The van der Waals surface area contributed by atoms with E-state index in [1.54, 1.807) is 19.1 Å². The lowest BCUT2D eigenvalue weighted by molar-refractivity contribution is -0.147. The molecule has 3 aliphatic rings. The standard InChI is InChI=1S/C21H26N2O5/c1-11-4-6-15(8-12(11)2)28-20(24)18-13(3)22-21(25)23-19(18)14-5-7-16-17(9-14)27-10-26-16/h5,7,9,11-12,15,19H,4,6,8,10H2,1-3H3,(H2,22,23,25)/t11-,12-,15-,19+/m0/s1. The molecule has 2 aliphatic heterocycles. The maximum atomic E-state index is 13.1. The van der Waals surface area contributed by atoms with Gasteiger partial charge < -0.3 is 24.8 Å². The lowest BCUT2D eigenvalue weighted by atomic mass is 9.80. The minimum Gasteiger partial charge on any atom is -0.459 e. The van der Waals surface area contributed by atoms with Gasteiger partial charge in [-0.25, -0.2) is 9.59 Å². The summed E-state index contributed by atoms with van der Waals surface area (Å²) in [6.45, 7) is 6.33. The van der Waals surface area contributed by atoms with E-state index in [9.17, 15) is 9.59 Å². The number of esters is 1. The number of rotatable bonds is 3. The molecule has 0 unspecified atom stereocenters. The molecule has 1 aromatic carbocycles. The zero-order valence-corrected chi connectivity index (χ0v) is 16.4. The second-order valence-electron chi connectivity index (χ2n) is 7.98. The zero-order chi connectivity index (χ0) is 19.8. The minimum atomic E-state index is -0.601. The third-order valence-electron chi connectivity index (χ3n) is 6.04. The molecule has 1 aliphatic carbocycles. The highest BCUT2D eigenvalue weighted by Crippen LogP contribution is 2.38. The number of benzene rings is 1. The van der Waals surface area contributed by atoms with Gasteiger partial charge in [-0.15, -0.1) is 0 Å². The topological polar surface area (TPSA) is 85.9 Å². The van der Waals surface area contributed by atoms with Crippen molar-refractivity contribution < 1.29 is 23.8 Å². The maximum absolute atomic E-state index is 13.1. The molecule has 150 valence electrons. The highest BCUT2D eigenvalue weighted by molar-refractivity contribution is 5.95. The van der Waals surface area contributed by atoms with Crippen molar-refractivity contribution >= 4 is 12.0 Å². The summed E-state index contributed by atoms with van der Waals surface area (Å²) in [7, 11) is 0. The molecule has 0 spiro atoms. The van der Waals surface area contributed by atoms with Crippen molar-refractivity contribution in [1.29, 1.82) is 0 Å². The fraction of sp³-hybridized carbons (Fsp3) is 0.524. The van der Waals surface area contributed by atoms with E-state index in [0.717, 1.165) is 24.8 Å². The molecule has 7 heteroatoms. The van der Waals surface area contributed by atoms with Gasteiger partial charge in [-0.3, -0.25) is 0 Å². The van der Waals surface area contributed by atoms with E-state index in [-0.39, 0.29) is 24.9 Å². The van der Waals surface area contributed by atoms with Crippen LogP contribution in [0.5, 0.6) is 11.5 Å². The van der Waals surface area contributed by atoms with Crippen LogP contribution in [0.25, 0.3) is 0 Å². The summed E-state index contributed by atoms with van der Waals surface area (Å²) in [6, 6.07) is 4.46. The number of ether oxygens (including phenoxy) is 3. The monoisotopic (exact) mass is 386 g/mol. The largest absolute Gasteiger partial charge is 0.459 e. The maximum Gasteiger partial charge on any atom is 0.338 e. The van der Waals surface area contributed by atoms with Crippen molar-refractivity contribution in [1.82, 2.24) is 10.6 Å². The zero-order valence-electron chi connectivity index (χ0n) is 16.4. The molecule has 0 aromatic heterocycles. The molecule has 4 atom stereocenters. The normalized spacial score (nSPS) is 29.2. The van der Waals surface area contributed by atoms with E-state index in [0.29, 0.717) is 34.6 Å². The molecule has 2 N–H and O–H groups in total. The minimum absolute atomic E-state index is 0.0889. The summed E-state index contributed by atoms with van der Waals surface area (Å²) in [6.07, 6.45) is 2.71. The predicted molar refractivity (Wildman–Crippen MR) is 102 cm³/mol. The van der Waals surface area contributed by atoms with Crippen LogP contribution in [-0.4, -0.2) is 24.9 Å². The fourth-order valence-corrected chi connectivity index (χ4v) is 4.13. The van der Waals surface area contributed by atoms with Crippen molar-refractivity contribution in [3.05, 3.63) is 35.0 Å². The van der Waals surface area contributed by atoms with Gasteiger partial charge in [0.15, 0.2) is 11.5 Å². The average Bonchev–Trinajstić information content (AvgIpc) is 3.11. The summed E-state index contributed by atoms with van der Waals surface area (Å²) >= 11 is 0. The first-order valence-electron chi connectivity index (χ1n) is 9.81. The molecule has 1 saturated carbocycles. The molecular formula is C21H26N2O5. The lowest BCUT2D eigenvalue weighted by Crippen LogP contribution is -2.45. The number of amides is 2. The van der Waals surface area contributed by atoms with E-state index in [1.165, 1.54) is 0 Å². The molecular weight excluding hydrogens is 360 g/mol. The Morgan fingerprint density at radius 1 is 1.14 bits per heavy atom. The Kier molecular flexibility index (Phi) is 4.91. The fourth-order valence-electron chi connectivity index (χ4n) is 4.13. The van der Waals surface area contributed by atoms with Crippen LogP contribution in [0, 0.1) is 11.8 Å². The summed E-state index contributed by atoms with van der Waals surface area (Å²) in [5, 5.41) is 5.52. The van der Waals surface area contributed by atoms with Gasteiger partial charge in [0, 0.05) is 5.70 Å². The summed E-state index contributed by atoms with van der Waals surface area (Å²) in [4.78, 5) is 25.1. The van der Waals surface area contributed by atoms with Gasteiger partial charge in [-0.05, 0) is 55.7 Å². The van der Waals surface area contributed by atoms with Gasteiger partial charge in [0.05, 0.1) is 11.6 Å². The summed E-state index contributed by atoms with van der Waals surface area (Å²) < 4.78 is 16.6. The first-order valence-corrected chi connectivity index (χ1v) is 9.81. The molecule has 1 aromatic rings. The molecule has 4 rings (SSSR count). The molecule has 0 bridgehead atoms. The number of hydrogen-bond acceptors (Lipinski definition) is 5. The molecule has 28 heavy (non-hydrogen) atoms. The molecule has 0 saturated heterocycles. The molecule has 2 amide bonds. The Labute approximate surface area is 164 Å². The van der Waals surface area contributed by atoms with Gasteiger partial charge in [0.1, 0.15) is 6.10 Å². The number of nitrogens with one attached hydrogen (secondary N) is 2. The first kappa shape index (κ1) is 18.7. The van der Waals surface area contributed by atoms with Crippen LogP contribution in [0.4, 0.5) is 4.79 Å². The number of fused-ring (bicyclic) bond motifs is 1. The van der Waals surface area contributed by atoms with E-state index >= 15 is 0 Å². The molecule has 7 nitrogen and oxygen atoms in total. The van der Waals surface area contributed by atoms with Gasteiger partial charge in [0.2, 0.25) is 6.79 Å². The van der Waals surface area contributed by atoms with Crippen molar-refractivity contribution in [3.8, 4) is 11.5 Å². The van der Waals surface area contributed by atoms with Crippen LogP contribution in [0.1, 0.15) is 51.6 Å². The quantitative estimate of drug-likeness (QED) is 0.778. The number of carbonyl (C=O) groups is 2. The highest BCUT2D eigenvalue weighted by Gasteiger charge is 2.35. The highest BCUT2D eigenvalue weighted by atomic mass is 16.7. The number of allylic oxidation sites excluding steroid dienone is 1. The van der Waals surface area contributed by atoms with E-state index in [1.807, 2.05) is 6.07 Å². The average molecular weight is 386 g/mol. The summed E-state index contributed by atoms with van der Waals surface area (Å²) in [5.74, 6) is 2.03. The Morgan fingerprint density at radius 3 is 2.71 bits per heavy atom. The smallest absolute Gasteiger partial charge is 0.338 e. The second kappa shape index (κ2) is 7.37. The van der Waals surface area contributed by atoms with Crippen molar-refractivity contribution in [2.45, 2.75) is 52.2 Å². The van der Waals surface area contributed by atoms with Crippen molar-refractivity contribution in [2.75, 3.05) is 6.79 Å². The third kappa shape index (κ3) is 3.53. The van der Waals surface area contributed by atoms with E-state index < -0.39 is 6.04 Å². The van der Waals surface area contributed by atoms with Crippen LogP contribution >= 0.6 is 0 Å². The van der Waals surface area contributed by atoms with Crippen LogP contribution in [0.3, 0.4) is 0 Å². The Morgan fingerprint density at radius 2 is 1.93 bits per heavy atom. The van der Waals surface area contributed by atoms with Crippen molar-refractivity contribution in [3.63, 3.8) is 0 Å². The van der Waals surface area contributed by atoms with Gasteiger partial charge >= 0.3 is 12.0 Å². The van der Waals surface area contributed by atoms with Gasteiger partial charge in [0.25, 0.3) is 0 Å². The van der Waals surface area contributed by atoms with Crippen LogP contribution < -0.4 is 20.1 Å². The molecule has 2 heterocycles. The van der Waals surface area contributed by atoms with Crippen LogP contribution in [0.15, 0.2) is 29.5 Å². The second-order valence-corrected chi connectivity index (χ2v) is 7.98. The van der Waals surface area contributed by atoms with E-state index in [2.05, 4.69) is 24.5 Å².